The fourth-order valence-corrected chi connectivity index (χ4v) is 6.23. The summed E-state index contributed by atoms with van der Waals surface area (Å²) in [7, 11) is 0. The fourth-order valence-electron chi connectivity index (χ4n) is 6.23. The number of carbonyl (C=O) groups is 1. The minimum absolute atomic E-state index is 0.248. The molecule has 0 aromatic rings. The second kappa shape index (κ2) is 6.14. The highest BCUT2D eigenvalue weighted by Crippen LogP contribution is 2.53. The molecule has 1 atom stereocenters. The lowest BCUT2D eigenvalue weighted by atomic mass is 9.54. The van der Waals surface area contributed by atoms with Crippen molar-refractivity contribution in [3.05, 3.63) is 0 Å². The molecule has 1 heterocycles. The van der Waals surface area contributed by atoms with Crippen LogP contribution in [0.2, 0.25) is 0 Å². The highest BCUT2D eigenvalue weighted by Gasteiger charge is 2.48. The zero-order valence-corrected chi connectivity index (χ0v) is 14.1. The van der Waals surface area contributed by atoms with E-state index in [1.807, 2.05) is 0 Å². The van der Waals surface area contributed by atoms with E-state index in [4.69, 9.17) is 0 Å². The highest BCUT2D eigenvalue weighted by atomic mass is 16.2. The predicted molar refractivity (Wildman–Crippen MR) is 88.4 cm³/mol. The smallest absolute Gasteiger partial charge is 0.224 e. The van der Waals surface area contributed by atoms with E-state index in [2.05, 4.69) is 17.1 Å². The van der Waals surface area contributed by atoms with Gasteiger partial charge in [0.05, 0.1) is 5.92 Å². The van der Waals surface area contributed by atoms with Crippen molar-refractivity contribution in [2.45, 2.75) is 64.3 Å². The number of amides is 1. The van der Waals surface area contributed by atoms with E-state index in [0.29, 0.717) is 11.9 Å². The Morgan fingerprint density at radius 3 is 2.41 bits per heavy atom. The molecule has 4 aliphatic carbocycles. The number of hydrogen-bond donors (Lipinski definition) is 1. The van der Waals surface area contributed by atoms with Gasteiger partial charge < -0.3 is 10.2 Å². The molecular formula is C19H32N2O. The van der Waals surface area contributed by atoms with Crippen LogP contribution >= 0.6 is 0 Å². The van der Waals surface area contributed by atoms with Crippen LogP contribution < -0.4 is 5.32 Å². The molecule has 3 nitrogen and oxygen atoms in total. The second-order valence-electron chi connectivity index (χ2n) is 8.60. The molecule has 124 valence electrons. The normalized spacial score (nSPS) is 44.2. The Kier molecular flexibility index (Phi) is 4.19. The fraction of sp³-hybridized carbons (Fsp3) is 0.947. The van der Waals surface area contributed by atoms with Gasteiger partial charge in [0.25, 0.3) is 0 Å². The maximum absolute atomic E-state index is 12.8. The molecule has 1 amide bonds. The van der Waals surface area contributed by atoms with E-state index in [1.54, 1.807) is 0 Å². The average Bonchev–Trinajstić information content (AvgIpc) is 2.50. The Morgan fingerprint density at radius 1 is 1.09 bits per heavy atom. The van der Waals surface area contributed by atoms with Gasteiger partial charge in [-0.15, -0.1) is 0 Å². The van der Waals surface area contributed by atoms with Crippen molar-refractivity contribution in [2.24, 2.45) is 29.6 Å². The van der Waals surface area contributed by atoms with Gasteiger partial charge in [-0.25, -0.2) is 0 Å². The molecule has 1 N–H and O–H groups in total. The molecule has 4 bridgehead atoms. The van der Waals surface area contributed by atoms with Gasteiger partial charge in [0.2, 0.25) is 5.91 Å². The molecule has 0 aromatic heterocycles. The summed E-state index contributed by atoms with van der Waals surface area (Å²) in [6.07, 6.45) is 10.6. The number of likely N-dealkylation sites (tertiary alicyclic amines) is 1. The zero-order valence-electron chi connectivity index (χ0n) is 14.1. The van der Waals surface area contributed by atoms with Crippen LogP contribution in [0.1, 0.15) is 58.3 Å². The predicted octanol–water partition coefficient (Wildman–Crippen LogP) is 3.05. The summed E-state index contributed by atoms with van der Waals surface area (Å²) in [5.74, 6) is 4.21. The van der Waals surface area contributed by atoms with Crippen molar-refractivity contribution in [3.8, 4) is 0 Å². The lowest BCUT2D eigenvalue weighted by Gasteiger charge is -2.54. The SMILES string of the molecule is CCCN1CCC[C@H](C(=O)NC2C3CC4CC(C3)CC2C4)C1. The summed E-state index contributed by atoms with van der Waals surface area (Å²) in [6, 6.07) is 0.516. The van der Waals surface area contributed by atoms with Crippen LogP contribution in [0.5, 0.6) is 0 Å². The Hall–Kier alpha value is -0.570. The molecule has 4 saturated carbocycles. The maximum atomic E-state index is 12.8. The molecule has 5 fully saturated rings. The van der Waals surface area contributed by atoms with E-state index in [0.717, 1.165) is 43.2 Å². The average molecular weight is 304 g/mol. The third kappa shape index (κ3) is 2.81. The molecule has 1 aliphatic heterocycles. The topological polar surface area (TPSA) is 32.3 Å². The number of carbonyl (C=O) groups excluding carboxylic acids is 1. The molecule has 5 aliphatic rings. The zero-order chi connectivity index (χ0) is 15.1. The largest absolute Gasteiger partial charge is 0.353 e. The Labute approximate surface area is 135 Å². The van der Waals surface area contributed by atoms with Crippen molar-refractivity contribution in [1.29, 1.82) is 0 Å². The summed E-state index contributed by atoms with van der Waals surface area (Å²) in [5.41, 5.74) is 0. The van der Waals surface area contributed by atoms with Gasteiger partial charge in [0.15, 0.2) is 0 Å². The first-order chi connectivity index (χ1) is 10.7. The quantitative estimate of drug-likeness (QED) is 0.866. The number of nitrogens with zero attached hydrogens (tertiary/aromatic N) is 1. The third-order valence-electron chi connectivity index (χ3n) is 6.95. The van der Waals surface area contributed by atoms with Crippen molar-refractivity contribution in [2.75, 3.05) is 19.6 Å². The van der Waals surface area contributed by atoms with Gasteiger partial charge in [0, 0.05) is 12.6 Å². The monoisotopic (exact) mass is 304 g/mol. The van der Waals surface area contributed by atoms with Crippen molar-refractivity contribution < 1.29 is 4.79 Å². The van der Waals surface area contributed by atoms with Crippen LogP contribution in [-0.2, 0) is 4.79 Å². The van der Waals surface area contributed by atoms with Crippen molar-refractivity contribution in [3.63, 3.8) is 0 Å². The molecule has 1 saturated heterocycles. The lowest BCUT2D eigenvalue weighted by molar-refractivity contribution is -0.130. The van der Waals surface area contributed by atoms with Crippen LogP contribution in [0.25, 0.3) is 0 Å². The highest BCUT2D eigenvalue weighted by molar-refractivity contribution is 5.79. The van der Waals surface area contributed by atoms with Crippen LogP contribution in [0.4, 0.5) is 0 Å². The standard InChI is InChI=1S/C19H32N2O/c1-2-5-21-6-3-4-15(12-21)19(22)20-18-16-8-13-7-14(10-16)11-17(18)9-13/h13-18H,2-12H2,1H3,(H,20,22)/t13?,14?,15-,16?,17?,18?/m0/s1. The maximum Gasteiger partial charge on any atom is 0.224 e. The first-order valence-corrected chi connectivity index (χ1v) is 9.75. The summed E-state index contributed by atoms with van der Waals surface area (Å²) in [4.78, 5) is 15.3. The van der Waals surface area contributed by atoms with Gasteiger partial charge in [-0.1, -0.05) is 6.92 Å². The van der Waals surface area contributed by atoms with E-state index in [1.165, 1.54) is 51.5 Å². The molecule has 0 radical (unpaired) electrons. The van der Waals surface area contributed by atoms with Crippen LogP contribution in [0.3, 0.4) is 0 Å². The van der Waals surface area contributed by atoms with Crippen LogP contribution in [-0.4, -0.2) is 36.5 Å². The summed E-state index contributed by atoms with van der Waals surface area (Å²) in [6.45, 7) is 5.57. The summed E-state index contributed by atoms with van der Waals surface area (Å²) < 4.78 is 0. The molecule has 0 spiro atoms. The van der Waals surface area contributed by atoms with Crippen molar-refractivity contribution >= 4 is 5.91 Å². The van der Waals surface area contributed by atoms with Gasteiger partial charge in [-0.05, 0) is 88.1 Å². The van der Waals surface area contributed by atoms with E-state index in [-0.39, 0.29) is 5.92 Å². The van der Waals surface area contributed by atoms with Gasteiger partial charge in [-0.3, -0.25) is 4.79 Å². The molecule has 22 heavy (non-hydrogen) atoms. The molecule has 0 unspecified atom stereocenters. The van der Waals surface area contributed by atoms with Crippen LogP contribution in [0, 0.1) is 29.6 Å². The van der Waals surface area contributed by atoms with Crippen molar-refractivity contribution in [1.82, 2.24) is 10.2 Å². The first-order valence-electron chi connectivity index (χ1n) is 9.75. The third-order valence-corrected chi connectivity index (χ3v) is 6.95. The first kappa shape index (κ1) is 15.0. The molecule has 0 aromatic carbocycles. The number of hydrogen-bond acceptors (Lipinski definition) is 2. The molecular weight excluding hydrogens is 272 g/mol. The van der Waals surface area contributed by atoms with E-state index < -0.39 is 0 Å². The number of piperidine rings is 1. The Bertz CT molecular complexity index is 392. The number of rotatable bonds is 4. The molecule has 5 rings (SSSR count). The van der Waals surface area contributed by atoms with Crippen LogP contribution in [0.15, 0.2) is 0 Å². The van der Waals surface area contributed by atoms with Gasteiger partial charge in [-0.2, -0.15) is 0 Å². The molecule has 3 heteroatoms. The minimum Gasteiger partial charge on any atom is -0.353 e. The second-order valence-corrected chi connectivity index (χ2v) is 8.60. The summed E-state index contributed by atoms with van der Waals surface area (Å²) in [5, 5.41) is 3.53. The Balaban J connectivity index is 1.36. The lowest BCUT2D eigenvalue weighted by Crippen LogP contribution is -2.57. The van der Waals surface area contributed by atoms with E-state index in [9.17, 15) is 4.79 Å². The minimum atomic E-state index is 0.248. The van der Waals surface area contributed by atoms with Gasteiger partial charge in [0.1, 0.15) is 0 Å². The summed E-state index contributed by atoms with van der Waals surface area (Å²) >= 11 is 0. The Morgan fingerprint density at radius 2 is 1.77 bits per heavy atom. The van der Waals surface area contributed by atoms with E-state index >= 15 is 0 Å². The number of nitrogens with one attached hydrogen (secondary N) is 1. The van der Waals surface area contributed by atoms with Gasteiger partial charge >= 0.3 is 0 Å².